The summed E-state index contributed by atoms with van der Waals surface area (Å²) in [5, 5.41) is 6.50. The van der Waals surface area contributed by atoms with Gasteiger partial charge in [-0.15, -0.1) is 11.8 Å². The predicted octanol–water partition coefficient (Wildman–Crippen LogP) is 2.02. The van der Waals surface area contributed by atoms with Crippen LogP contribution < -0.4 is 10.6 Å². The summed E-state index contributed by atoms with van der Waals surface area (Å²) in [5.74, 6) is 1.14. The molecule has 1 aromatic carbocycles. The van der Waals surface area contributed by atoms with E-state index in [9.17, 15) is 9.18 Å². The van der Waals surface area contributed by atoms with Gasteiger partial charge in [0.2, 0.25) is 5.91 Å². The standard InChI is InChI=1S/C17H23ClFN3O2S/c1-11-8-22(5-6-24-11)15(16-12(18)3-2-4-13(16)19)7-20-17(23)14-9-25-10-21-14/h2-4,11,14-15,21H,5-10H2,1H3,(H,20,23)/t11-,14+,15-/m1/s1. The number of thioether (sulfide) groups is 1. The molecule has 2 aliphatic rings. The minimum atomic E-state index is -0.347. The third-order valence-electron chi connectivity index (χ3n) is 4.55. The van der Waals surface area contributed by atoms with E-state index < -0.39 is 0 Å². The summed E-state index contributed by atoms with van der Waals surface area (Å²) < 4.78 is 20.1. The average molecular weight is 388 g/mol. The molecule has 2 N–H and O–H groups in total. The highest BCUT2D eigenvalue weighted by molar-refractivity contribution is 7.99. The SMILES string of the molecule is C[C@@H]1CN([C@H](CNC(=O)[C@@H]2CSCN2)c2c(F)cccc2Cl)CCO1. The second-order valence-corrected chi connectivity index (χ2v) is 7.78. The summed E-state index contributed by atoms with van der Waals surface area (Å²) in [6, 6.07) is 4.19. The fourth-order valence-corrected chi connectivity index (χ4v) is 4.49. The van der Waals surface area contributed by atoms with E-state index in [4.69, 9.17) is 16.3 Å². The van der Waals surface area contributed by atoms with Crippen LogP contribution in [0.3, 0.4) is 0 Å². The summed E-state index contributed by atoms with van der Waals surface area (Å²) in [5.41, 5.74) is 0.437. The molecular formula is C17H23ClFN3O2S. The zero-order chi connectivity index (χ0) is 17.8. The van der Waals surface area contributed by atoms with Gasteiger partial charge in [0.1, 0.15) is 5.82 Å². The molecule has 2 saturated heterocycles. The molecule has 138 valence electrons. The van der Waals surface area contributed by atoms with Gasteiger partial charge in [-0.1, -0.05) is 17.7 Å². The topological polar surface area (TPSA) is 53.6 Å². The second-order valence-electron chi connectivity index (χ2n) is 6.34. The Morgan fingerprint density at radius 2 is 2.44 bits per heavy atom. The molecule has 1 aromatic rings. The number of morpholine rings is 1. The van der Waals surface area contributed by atoms with Crippen LogP contribution in [0.15, 0.2) is 18.2 Å². The summed E-state index contributed by atoms with van der Waals surface area (Å²) in [4.78, 5) is 14.5. The lowest BCUT2D eigenvalue weighted by Gasteiger charge is -2.38. The Hall–Kier alpha value is -0.860. The number of nitrogens with zero attached hydrogens (tertiary/aromatic N) is 1. The van der Waals surface area contributed by atoms with Gasteiger partial charge in [0, 0.05) is 41.8 Å². The van der Waals surface area contributed by atoms with Crippen molar-refractivity contribution in [3.8, 4) is 0 Å². The van der Waals surface area contributed by atoms with Crippen LogP contribution in [-0.4, -0.2) is 60.8 Å². The van der Waals surface area contributed by atoms with E-state index in [-0.39, 0.29) is 29.9 Å². The number of hydrogen-bond acceptors (Lipinski definition) is 5. The van der Waals surface area contributed by atoms with Crippen LogP contribution in [0, 0.1) is 5.82 Å². The third kappa shape index (κ3) is 4.65. The van der Waals surface area contributed by atoms with Crippen molar-refractivity contribution in [1.29, 1.82) is 0 Å². The molecule has 25 heavy (non-hydrogen) atoms. The maximum absolute atomic E-state index is 14.5. The minimum Gasteiger partial charge on any atom is -0.376 e. The van der Waals surface area contributed by atoms with Crippen LogP contribution in [-0.2, 0) is 9.53 Å². The monoisotopic (exact) mass is 387 g/mol. The molecule has 3 rings (SSSR count). The maximum atomic E-state index is 14.5. The largest absolute Gasteiger partial charge is 0.376 e. The fraction of sp³-hybridized carbons (Fsp3) is 0.588. The Morgan fingerprint density at radius 3 is 3.12 bits per heavy atom. The van der Waals surface area contributed by atoms with Gasteiger partial charge in [0.25, 0.3) is 0 Å². The van der Waals surface area contributed by atoms with Crippen molar-refractivity contribution in [2.75, 3.05) is 37.9 Å². The van der Waals surface area contributed by atoms with Gasteiger partial charge in [-0.3, -0.25) is 15.0 Å². The van der Waals surface area contributed by atoms with Crippen LogP contribution in [0.25, 0.3) is 0 Å². The van der Waals surface area contributed by atoms with Gasteiger partial charge in [-0.05, 0) is 19.1 Å². The molecule has 0 bridgehead atoms. The molecule has 0 aromatic heterocycles. The van der Waals surface area contributed by atoms with Crippen LogP contribution in [0.5, 0.6) is 0 Å². The quantitative estimate of drug-likeness (QED) is 0.809. The molecule has 0 radical (unpaired) electrons. The highest BCUT2D eigenvalue weighted by atomic mass is 35.5. The molecule has 2 heterocycles. The summed E-state index contributed by atoms with van der Waals surface area (Å²) in [6.07, 6.45) is 0.0606. The van der Waals surface area contributed by atoms with E-state index in [0.717, 1.165) is 11.6 Å². The first-order chi connectivity index (χ1) is 12.1. The Bertz CT molecular complexity index is 595. The molecule has 3 atom stereocenters. The molecule has 2 aliphatic heterocycles. The van der Waals surface area contributed by atoms with Gasteiger partial charge in [0.05, 0.1) is 24.8 Å². The number of benzene rings is 1. The van der Waals surface area contributed by atoms with Gasteiger partial charge >= 0.3 is 0 Å². The van der Waals surface area contributed by atoms with Crippen LogP contribution in [0.4, 0.5) is 4.39 Å². The van der Waals surface area contributed by atoms with Crippen LogP contribution in [0.2, 0.25) is 5.02 Å². The number of carbonyl (C=O) groups excluding carboxylic acids is 1. The number of carbonyl (C=O) groups is 1. The summed E-state index contributed by atoms with van der Waals surface area (Å²) in [7, 11) is 0. The molecule has 2 fully saturated rings. The molecule has 0 saturated carbocycles. The lowest BCUT2D eigenvalue weighted by Crippen LogP contribution is -2.49. The van der Waals surface area contributed by atoms with Crippen molar-refractivity contribution in [3.05, 3.63) is 34.6 Å². The van der Waals surface area contributed by atoms with Crippen molar-refractivity contribution in [2.24, 2.45) is 0 Å². The van der Waals surface area contributed by atoms with E-state index >= 15 is 0 Å². The second kappa shape index (κ2) is 8.68. The van der Waals surface area contributed by atoms with E-state index in [1.165, 1.54) is 6.07 Å². The van der Waals surface area contributed by atoms with Crippen molar-refractivity contribution < 1.29 is 13.9 Å². The van der Waals surface area contributed by atoms with E-state index in [1.54, 1.807) is 23.9 Å². The van der Waals surface area contributed by atoms with Gasteiger partial charge in [-0.2, -0.15) is 0 Å². The lowest BCUT2D eigenvalue weighted by molar-refractivity contribution is -0.122. The Balaban J connectivity index is 1.77. The molecule has 5 nitrogen and oxygen atoms in total. The van der Waals surface area contributed by atoms with Gasteiger partial charge < -0.3 is 10.1 Å². The van der Waals surface area contributed by atoms with Crippen LogP contribution in [0.1, 0.15) is 18.5 Å². The normalized spacial score (nSPS) is 25.7. The van der Waals surface area contributed by atoms with E-state index in [1.807, 2.05) is 6.92 Å². The zero-order valence-corrected chi connectivity index (χ0v) is 15.7. The molecule has 0 unspecified atom stereocenters. The molecule has 0 spiro atoms. The van der Waals surface area contributed by atoms with Crippen molar-refractivity contribution >= 4 is 29.3 Å². The number of hydrogen-bond donors (Lipinski definition) is 2. The van der Waals surface area contributed by atoms with Crippen molar-refractivity contribution in [1.82, 2.24) is 15.5 Å². The molecule has 0 aliphatic carbocycles. The molecule has 1 amide bonds. The van der Waals surface area contributed by atoms with Crippen molar-refractivity contribution in [3.63, 3.8) is 0 Å². The number of halogens is 2. The zero-order valence-electron chi connectivity index (χ0n) is 14.1. The number of rotatable bonds is 5. The highest BCUT2D eigenvalue weighted by Crippen LogP contribution is 2.31. The predicted molar refractivity (Wildman–Crippen MR) is 98.4 cm³/mol. The summed E-state index contributed by atoms with van der Waals surface area (Å²) in [6.45, 7) is 4.23. The van der Waals surface area contributed by atoms with Gasteiger partial charge in [0.15, 0.2) is 0 Å². The smallest absolute Gasteiger partial charge is 0.238 e. The first-order valence-corrected chi connectivity index (χ1v) is 9.98. The molecular weight excluding hydrogens is 365 g/mol. The van der Waals surface area contributed by atoms with E-state index in [0.29, 0.717) is 36.8 Å². The molecule has 8 heteroatoms. The highest BCUT2D eigenvalue weighted by Gasteiger charge is 2.30. The first kappa shape index (κ1) is 18.9. The van der Waals surface area contributed by atoms with Gasteiger partial charge in [-0.25, -0.2) is 4.39 Å². The number of nitrogens with one attached hydrogen (secondary N) is 2. The lowest BCUT2D eigenvalue weighted by atomic mass is 10.0. The Labute approximate surface area is 156 Å². The fourth-order valence-electron chi connectivity index (χ4n) is 3.26. The average Bonchev–Trinajstić information content (AvgIpc) is 3.12. The number of ether oxygens (including phenoxy) is 1. The first-order valence-electron chi connectivity index (χ1n) is 8.44. The third-order valence-corrected chi connectivity index (χ3v) is 5.82. The van der Waals surface area contributed by atoms with E-state index in [2.05, 4.69) is 15.5 Å². The Morgan fingerprint density at radius 1 is 1.60 bits per heavy atom. The Kier molecular flexibility index (Phi) is 6.57. The summed E-state index contributed by atoms with van der Waals surface area (Å²) >= 11 is 7.99. The number of amides is 1. The van der Waals surface area contributed by atoms with Crippen molar-refractivity contribution in [2.45, 2.75) is 25.1 Å². The maximum Gasteiger partial charge on any atom is 0.238 e. The minimum absolute atomic E-state index is 0.0521. The van der Waals surface area contributed by atoms with Crippen LogP contribution >= 0.6 is 23.4 Å².